The molecule has 1 aliphatic heterocycles. The number of hydrogen-bond donors (Lipinski definition) is 0. The fourth-order valence-corrected chi connectivity index (χ4v) is 5.14. The van der Waals surface area contributed by atoms with Crippen molar-refractivity contribution in [2.24, 2.45) is 0 Å². The first kappa shape index (κ1) is 21.9. The second-order valence-corrected chi connectivity index (χ2v) is 8.93. The monoisotopic (exact) mass is 441 g/mol. The topological polar surface area (TPSA) is 52.6 Å². The van der Waals surface area contributed by atoms with Crippen LogP contribution in [0.4, 0.5) is 11.6 Å². The summed E-state index contributed by atoms with van der Waals surface area (Å²) in [7, 11) is 0. The van der Waals surface area contributed by atoms with Gasteiger partial charge in [0, 0.05) is 44.3 Å². The second kappa shape index (κ2) is 9.43. The number of rotatable bonds is 6. The predicted octanol–water partition coefficient (Wildman–Crippen LogP) is 4.14. The highest BCUT2D eigenvalue weighted by atomic mass is 35.5. The first-order valence-corrected chi connectivity index (χ1v) is 11.8. The summed E-state index contributed by atoms with van der Waals surface area (Å²) in [5.74, 6) is 2.07. The molecule has 0 spiro atoms. The Hall–Kier alpha value is -2.34. The van der Waals surface area contributed by atoms with E-state index >= 15 is 0 Å². The molecule has 1 aromatic carbocycles. The van der Waals surface area contributed by atoms with Crippen molar-refractivity contribution in [1.29, 1.82) is 0 Å². The van der Waals surface area contributed by atoms with Gasteiger partial charge in [-0.15, -0.1) is 10.2 Å². The number of halogens is 1. The van der Waals surface area contributed by atoms with E-state index in [-0.39, 0.29) is 5.91 Å². The lowest BCUT2D eigenvalue weighted by molar-refractivity contribution is -0.137. The van der Waals surface area contributed by atoms with Gasteiger partial charge < -0.3 is 14.7 Å². The van der Waals surface area contributed by atoms with Gasteiger partial charge in [-0.1, -0.05) is 36.6 Å². The predicted molar refractivity (Wildman–Crippen MR) is 126 cm³/mol. The fourth-order valence-electron chi connectivity index (χ4n) is 5.02. The molecule has 2 aromatic rings. The van der Waals surface area contributed by atoms with Crippen molar-refractivity contribution in [1.82, 2.24) is 15.1 Å². The first-order valence-electron chi connectivity index (χ1n) is 11.5. The van der Waals surface area contributed by atoms with E-state index in [2.05, 4.69) is 33.8 Å². The Morgan fingerprint density at radius 3 is 2.16 bits per heavy atom. The number of amides is 1. The van der Waals surface area contributed by atoms with E-state index in [4.69, 9.17) is 11.6 Å². The molecule has 2 fully saturated rings. The third kappa shape index (κ3) is 4.36. The lowest BCUT2D eigenvalue weighted by Gasteiger charge is -2.40. The largest absolute Gasteiger partial charge is 0.356 e. The number of hydrogen-bond acceptors (Lipinski definition) is 5. The number of aromatic nitrogens is 2. The number of nitrogens with zero attached hydrogens (tertiary/aromatic N) is 5. The van der Waals surface area contributed by atoms with Crippen LogP contribution in [0.1, 0.15) is 45.1 Å². The van der Waals surface area contributed by atoms with Gasteiger partial charge in [-0.25, -0.2) is 0 Å². The summed E-state index contributed by atoms with van der Waals surface area (Å²) >= 11 is 6.10. The molecular weight excluding hydrogens is 410 g/mol. The Balaban J connectivity index is 1.43. The van der Waals surface area contributed by atoms with E-state index in [1.165, 1.54) is 0 Å². The summed E-state index contributed by atoms with van der Waals surface area (Å²) in [6, 6.07) is 12.0. The Morgan fingerprint density at radius 2 is 1.61 bits per heavy atom. The molecule has 4 rings (SSSR count). The molecule has 1 aliphatic carbocycles. The van der Waals surface area contributed by atoms with E-state index in [1.54, 1.807) is 0 Å². The molecule has 0 atom stereocenters. The molecule has 6 nitrogen and oxygen atoms in total. The van der Waals surface area contributed by atoms with Crippen LogP contribution in [0.2, 0.25) is 5.02 Å². The van der Waals surface area contributed by atoms with Crippen LogP contribution in [-0.4, -0.2) is 60.3 Å². The van der Waals surface area contributed by atoms with E-state index < -0.39 is 5.41 Å². The van der Waals surface area contributed by atoms with Crippen molar-refractivity contribution in [3.05, 3.63) is 47.0 Å². The van der Waals surface area contributed by atoms with Crippen molar-refractivity contribution < 1.29 is 4.79 Å². The van der Waals surface area contributed by atoms with Gasteiger partial charge in [-0.3, -0.25) is 4.79 Å². The molecule has 31 heavy (non-hydrogen) atoms. The van der Waals surface area contributed by atoms with E-state index in [0.717, 1.165) is 69.1 Å². The maximum atomic E-state index is 13.7. The van der Waals surface area contributed by atoms with Crippen molar-refractivity contribution in [3.63, 3.8) is 0 Å². The van der Waals surface area contributed by atoms with Gasteiger partial charge in [0.25, 0.3) is 0 Å². The van der Waals surface area contributed by atoms with Gasteiger partial charge in [0.15, 0.2) is 11.6 Å². The number of piperazine rings is 1. The van der Waals surface area contributed by atoms with Crippen molar-refractivity contribution in [3.8, 4) is 0 Å². The lowest BCUT2D eigenvalue weighted by Crippen LogP contribution is -2.54. The smallest absolute Gasteiger partial charge is 0.233 e. The first-order chi connectivity index (χ1) is 15.1. The maximum absolute atomic E-state index is 13.7. The highest BCUT2D eigenvalue weighted by Gasteiger charge is 2.45. The van der Waals surface area contributed by atoms with Crippen LogP contribution in [0, 0.1) is 0 Å². The highest BCUT2D eigenvalue weighted by Crippen LogP contribution is 2.43. The molecule has 1 saturated carbocycles. The van der Waals surface area contributed by atoms with Crippen LogP contribution in [0.5, 0.6) is 0 Å². The van der Waals surface area contributed by atoms with Gasteiger partial charge in [0.05, 0.1) is 5.41 Å². The molecular formula is C24H32ClN5O. The highest BCUT2D eigenvalue weighted by molar-refractivity contribution is 6.30. The Kier molecular flexibility index (Phi) is 6.65. The SMILES string of the molecule is CCN(CC)c1ccc(N2CCN(C(=O)C3(c4ccc(Cl)cc4)CCCC3)CC2)nn1. The minimum absolute atomic E-state index is 0.273. The quantitative estimate of drug-likeness (QED) is 0.674. The molecule has 7 heteroatoms. The number of carbonyl (C=O) groups excluding carboxylic acids is 1. The molecule has 1 amide bonds. The molecule has 0 N–H and O–H groups in total. The minimum atomic E-state index is -0.391. The summed E-state index contributed by atoms with van der Waals surface area (Å²) in [4.78, 5) is 20.1. The Bertz CT molecular complexity index is 868. The zero-order valence-electron chi connectivity index (χ0n) is 18.6. The van der Waals surface area contributed by atoms with Gasteiger partial charge in [-0.05, 0) is 56.5 Å². The molecule has 166 valence electrons. The van der Waals surface area contributed by atoms with E-state index in [9.17, 15) is 4.79 Å². The average molecular weight is 442 g/mol. The van der Waals surface area contributed by atoms with Gasteiger partial charge >= 0.3 is 0 Å². The van der Waals surface area contributed by atoms with Crippen molar-refractivity contribution in [2.45, 2.75) is 44.9 Å². The van der Waals surface area contributed by atoms with Gasteiger partial charge in [-0.2, -0.15) is 0 Å². The van der Waals surface area contributed by atoms with Crippen LogP contribution in [0.25, 0.3) is 0 Å². The minimum Gasteiger partial charge on any atom is -0.356 e. The third-order valence-electron chi connectivity index (χ3n) is 6.88. The summed E-state index contributed by atoms with van der Waals surface area (Å²) < 4.78 is 0. The molecule has 1 aromatic heterocycles. The van der Waals surface area contributed by atoms with E-state index in [1.807, 2.05) is 41.3 Å². The molecule has 2 aliphatic rings. The van der Waals surface area contributed by atoms with Crippen molar-refractivity contribution in [2.75, 3.05) is 49.1 Å². The molecule has 1 saturated heterocycles. The lowest BCUT2D eigenvalue weighted by atomic mass is 9.77. The summed E-state index contributed by atoms with van der Waals surface area (Å²) in [6.45, 7) is 9.07. The zero-order valence-corrected chi connectivity index (χ0v) is 19.3. The standard InChI is InChI=1S/C24H32ClN5O/c1-3-28(4-2)21-11-12-22(27-26-21)29-15-17-30(18-16-29)23(31)24(13-5-6-14-24)19-7-9-20(25)10-8-19/h7-12H,3-6,13-18H2,1-2H3. The second-order valence-electron chi connectivity index (χ2n) is 8.50. The van der Waals surface area contributed by atoms with Crippen LogP contribution in [0.15, 0.2) is 36.4 Å². The Morgan fingerprint density at radius 1 is 0.968 bits per heavy atom. The molecule has 0 radical (unpaired) electrons. The van der Waals surface area contributed by atoms with Gasteiger partial charge in [0.2, 0.25) is 5.91 Å². The fraction of sp³-hybridized carbons (Fsp3) is 0.542. The van der Waals surface area contributed by atoms with Crippen molar-refractivity contribution >= 4 is 29.1 Å². The molecule has 0 bridgehead atoms. The number of anilines is 2. The third-order valence-corrected chi connectivity index (χ3v) is 7.13. The van der Waals surface area contributed by atoms with Crippen LogP contribution in [-0.2, 0) is 10.2 Å². The molecule has 2 heterocycles. The van der Waals surface area contributed by atoms with Gasteiger partial charge in [0.1, 0.15) is 0 Å². The normalized spacial score (nSPS) is 18.3. The average Bonchev–Trinajstić information content (AvgIpc) is 3.32. The summed E-state index contributed by atoms with van der Waals surface area (Å²) in [6.07, 6.45) is 4.05. The zero-order chi connectivity index (χ0) is 21.8. The van der Waals surface area contributed by atoms with Crippen LogP contribution >= 0.6 is 11.6 Å². The summed E-state index contributed by atoms with van der Waals surface area (Å²) in [5.41, 5.74) is 0.720. The van der Waals surface area contributed by atoms with Crippen LogP contribution < -0.4 is 9.80 Å². The Labute approximate surface area is 190 Å². The number of carbonyl (C=O) groups is 1. The van der Waals surface area contributed by atoms with E-state index in [0.29, 0.717) is 18.1 Å². The van der Waals surface area contributed by atoms with Crippen LogP contribution in [0.3, 0.4) is 0 Å². The number of benzene rings is 1. The maximum Gasteiger partial charge on any atom is 0.233 e. The summed E-state index contributed by atoms with van der Waals surface area (Å²) in [5, 5.41) is 9.58. The molecule has 0 unspecified atom stereocenters.